The molecule has 0 atom stereocenters. The highest BCUT2D eigenvalue weighted by molar-refractivity contribution is 7.17. The predicted molar refractivity (Wildman–Crippen MR) is 73.9 cm³/mol. The highest BCUT2D eigenvalue weighted by Gasteiger charge is 2.29. The Balaban J connectivity index is 1.74. The summed E-state index contributed by atoms with van der Waals surface area (Å²) in [5, 5.41) is 15.8. The first kappa shape index (κ1) is 11.9. The molecular weight excluding hydrogens is 246 g/mol. The molecule has 96 valence electrons. The lowest BCUT2D eigenvalue weighted by Gasteiger charge is -2.32. The zero-order chi connectivity index (χ0) is 12.4. The van der Waals surface area contributed by atoms with E-state index in [1.54, 1.807) is 17.7 Å². The van der Waals surface area contributed by atoms with Gasteiger partial charge in [-0.3, -0.25) is 0 Å². The van der Waals surface area contributed by atoms with Crippen molar-refractivity contribution in [2.45, 2.75) is 37.7 Å². The first-order chi connectivity index (χ1) is 8.77. The van der Waals surface area contributed by atoms with Crippen LogP contribution >= 0.6 is 11.3 Å². The van der Waals surface area contributed by atoms with E-state index in [4.69, 9.17) is 0 Å². The van der Waals surface area contributed by atoms with E-state index in [0.29, 0.717) is 6.54 Å². The van der Waals surface area contributed by atoms with Crippen molar-refractivity contribution in [1.29, 1.82) is 0 Å². The largest absolute Gasteiger partial charge is 0.388 e. The molecule has 0 saturated heterocycles. The molecule has 3 rings (SSSR count). The van der Waals surface area contributed by atoms with Gasteiger partial charge < -0.3 is 10.4 Å². The summed E-state index contributed by atoms with van der Waals surface area (Å²) in [6, 6.07) is 1.99. The Morgan fingerprint density at radius 3 is 2.94 bits per heavy atom. The first-order valence-corrected chi connectivity index (χ1v) is 7.29. The minimum Gasteiger partial charge on any atom is -0.388 e. The average Bonchev–Trinajstić information content (AvgIpc) is 2.86. The minimum absolute atomic E-state index is 0.563. The molecule has 2 aromatic rings. The van der Waals surface area contributed by atoms with Crippen LogP contribution < -0.4 is 5.32 Å². The monoisotopic (exact) mass is 263 g/mol. The van der Waals surface area contributed by atoms with Crippen molar-refractivity contribution in [2.24, 2.45) is 0 Å². The standard InChI is InChI=1S/C13H17N3OS/c17-13(5-2-1-3-6-13)8-14-12-11-10(4-7-18-11)15-9-16-12/h4,7,9,17H,1-3,5-6,8H2,(H,14,15,16). The van der Waals surface area contributed by atoms with Crippen LogP contribution in [0.4, 0.5) is 5.82 Å². The molecule has 4 nitrogen and oxygen atoms in total. The fourth-order valence-corrected chi connectivity index (χ4v) is 3.36. The maximum atomic E-state index is 10.5. The summed E-state index contributed by atoms with van der Waals surface area (Å²) in [4.78, 5) is 8.48. The van der Waals surface area contributed by atoms with E-state index < -0.39 is 5.60 Å². The van der Waals surface area contributed by atoms with Crippen LogP contribution in [0.5, 0.6) is 0 Å². The Bertz CT molecular complexity index is 534. The average molecular weight is 263 g/mol. The number of rotatable bonds is 3. The van der Waals surface area contributed by atoms with Crippen molar-refractivity contribution in [3.63, 3.8) is 0 Å². The van der Waals surface area contributed by atoms with Gasteiger partial charge in [-0.2, -0.15) is 0 Å². The van der Waals surface area contributed by atoms with Crippen molar-refractivity contribution < 1.29 is 5.11 Å². The molecule has 0 bridgehead atoms. The third kappa shape index (κ3) is 2.33. The van der Waals surface area contributed by atoms with E-state index >= 15 is 0 Å². The van der Waals surface area contributed by atoms with Gasteiger partial charge in [0.2, 0.25) is 0 Å². The van der Waals surface area contributed by atoms with Crippen LogP contribution in [0.15, 0.2) is 17.8 Å². The predicted octanol–water partition coefficient (Wildman–Crippen LogP) is 2.80. The smallest absolute Gasteiger partial charge is 0.147 e. The van der Waals surface area contributed by atoms with Gasteiger partial charge in [0.25, 0.3) is 0 Å². The Hall–Kier alpha value is -1.20. The van der Waals surface area contributed by atoms with Crippen LogP contribution in [0.3, 0.4) is 0 Å². The second-order valence-corrected chi connectivity index (χ2v) is 5.91. The molecule has 1 saturated carbocycles. The number of hydrogen-bond donors (Lipinski definition) is 2. The van der Waals surface area contributed by atoms with Crippen LogP contribution in [0.1, 0.15) is 32.1 Å². The lowest BCUT2D eigenvalue weighted by molar-refractivity contribution is 0.0167. The van der Waals surface area contributed by atoms with E-state index in [1.807, 2.05) is 11.4 Å². The van der Waals surface area contributed by atoms with E-state index in [0.717, 1.165) is 41.7 Å². The fourth-order valence-electron chi connectivity index (χ4n) is 2.55. The van der Waals surface area contributed by atoms with Crippen molar-refractivity contribution in [1.82, 2.24) is 9.97 Å². The van der Waals surface area contributed by atoms with Gasteiger partial charge in [-0.25, -0.2) is 9.97 Å². The lowest BCUT2D eigenvalue weighted by atomic mass is 9.85. The molecule has 2 aromatic heterocycles. The van der Waals surface area contributed by atoms with Gasteiger partial charge in [0.15, 0.2) is 0 Å². The summed E-state index contributed by atoms with van der Waals surface area (Å²) in [5.74, 6) is 0.842. The molecule has 0 radical (unpaired) electrons. The summed E-state index contributed by atoms with van der Waals surface area (Å²) >= 11 is 1.63. The number of hydrogen-bond acceptors (Lipinski definition) is 5. The van der Waals surface area contributed by atoms with Crippen molar-refractivity contribution in [3.8, 4) is 0 Å². The number of nitrogens with one attached hydrogen (secondary N) is 1. The van der Waals surface area contributed by atoms with E-state index in [2.05, 4.69) is 15.3 Å². The molecule has 0 amide bonds. The third-order valence-electron chi connectivity index (χ3n) is 3.61. The molecule has 0 aromatic carbocycles. The van der Waals surface area contributed by atoms with Gasteiger partial charge in [-0.1, -0.05) is 19.3 Å². The number of nitrogens with zero attached hydrogens (tertiary/aromatic N) is 2. The Morgan fingerprint density at radius 2 is 2.11 bits per heavy atom. The molecule has 1 aliphatic carbocycles. The number of aliphatic hydroxyl groups is 1. The van der Waals surface area contributed by atoms with Crippen LogP contribution in [-0.2, 0) is 0 Å². The first-order valence-electron chi connectivity index (χ1n) is 6.41. The fraction of sp³-hybridized carbons (Fsp3) is 0.538. The molecule has 2 heterocycles. The van der Waals surface area contributed by atoms with Crippen LogP contribution in [0.25, 0.3) is 10.2 Å². The molecule has 5 heteroatoms. The highest BCUT2D eigenvalue weighted by atomic mass is 32.1. The maximum absolute atomic E-state index is 10.5. The van der Waals surface area contributed by atoms with Crippen molar-refractivity contribution in [3.05, 3.63) is 17.8 Å². The van der Waals surface area contributed by atoms with E-state index in [9.17, 15) is 5.11 Å². The molecule has 2 N–H and O–H groups in total. The highest BCUT2D eigenvalue weighted by Crippen LogP contribution is 2.30. The lowest BCUT2D eigenvalue weighted by Crippen LogP contribution is -2.38. The second-order valence-electron chi connectivity index (χ2n) is 5.00. The zero-order valence-corrected chi connectivity index (χ0v) is 11.0. The third-order valence-corrected chi connectivity index (χ3v) is 4.52. The van der Waals surface area contributed by atoms with Crippen molar-refractivity contribution in [2.75, 3.05) is 11.9 Å². The molecule has 0 spiro atoms. The van der Waals surface area contributed by atoms with Gasteiger partial charge in [0.1, 0.15) is 12.1 Å². The number of anilines is 1. The van der Waals surface area contributed by atoms with Crippen molar-refractivity contribution >= 4 is 27.4 Å². The zero-order valence-electron chi connectivity index (χ0n) is 10.2. The molecular formula is C13H17N3OS. The quantitative estimate of drug-likeness (QED) is 0.894. The van der Waals surface area contributed by atoms with Gasteiger partial charge >= 0.3 is 0 Å². The second kappa shape index (κ2) is 4.82. The minimum atomic E-state index is -0.563. The number of aromatic nitrogens is 2. The molecule has 0 aliphatic heterocycles. The van der Waals surface area contributed by atoms with Crippen LogP contribution in [0.2, 0.25) is 0 Å². The molecule has 18 heavy (non-hydrogen) atoms. The van der Waals surface area contributed by atoms with Gasteiger partial charge in [-0.15, -0.1) is 11.3 Å². The maximum Gasteiger partial charge on any atom is 0.147 e. The number of fused-ring (bicyclic) bond motifs is 1. The summed E-state index contributed by atoms with van der Waals surface area (Å²) in [6.45, 7) is 0.580. The summed E-state index contributed by atoms with van der Waals surface area (Å²) in [6.07, 6.45) is 6.83. The molecule has 1 fully saturated rings. The summed E-state index contributed by atoms with van der Waals surface area (Å²) < 4.78 is 1.07. The summed E-state index contributed by atoms with van der Waals surface area (Å²) in [7, 11) is 0. The Morgan fingerprint density at radius 1 is 1.28 bits per heavy atom. The van der Waals surface area contributed by atoms with Crippen LogP contribution in [-0.4, -0.2) is 27.2 Å². The normalized spacial score (nSPS) is 18.9. The van der Waals surface area contributed by atoms with Gasteiger partial charge in [0, 0.05) is 6.54 Å². The Kier molecular flexibility index (Phi) is 3.18. The topological polar surface area (TPSA) is 58.0 Å². The number of thiophene rings is 1. The molecule has 0 unspecified atom stereocenters. The molecule has 1 aliphatic rings. The van der Waals surface area contributed by atoms with E-state index in [1.165, 1.54) is 6.42 Å². The summed E-state index contributed by atoms with van der Waals surface area (Å²) in [5.41, 5.74) is 0.403. The van der Waals surface area contributed by atoms with Gasteiger partial charge in [-0.05, 0) is 24.3 Å². The van der Waals surface area contributed by atoms with E-state index in [-0.39, 0.29) is 0 Å². The van der Waals surface area contributed by atoms with Gasteiger partial charge in [0.05, 0.1) is 15.8 Å². The van der Waals surface area contributed by atoms with Crippen LogP contribution in [0, 0.1) is 0 Å². The Labute approximate surface area is 110 Å². The SMILES string of the molecule is OC1(CNc2ncnc3ccsc23)CCCCC1.